The third-order valence-electron chi connectivity index (χ3n) is 6.68. The van der Waals surface area contributed by atoms with Crippen molar-refractivity contribution in [2.24, 2.45) is 5.92 Å². The van der Waals surface area contributed by atoms with Crippen LogP contribution in [0.5, 0.6) is 0 Å². The molecular weight excluding hydrogens is 373 g/mol. The molecule has 2 saturated heterocycles. The fourth-order valence-corrected chi connectivity index (χ4v) is 4.86. The largest absolute Gasteiger partial charge is 0.424 e. The Morgan fingerprint density at radius 3 is 2.57 bits per heavy atom. The number of hydrogen-bond acceptors (Lipinski definition) is 4. The van der Waals surface area contributed by atoms with Gasteiger partial charge in [-0.05, 0) is 51.5 Å². The highest BCUT2D eigenvalue weighted by Gasteiger charge is 2.55. The summed E-state index contributed by atoms with van der Waals surface area (Å²) in [6, 6.07) is 1.61. The number of hydrogen-bond donors (Lipinski definition) is 1. The highest BCUT2D eigenvalue weighted by Crippen LogP contribution is 2.49. The van der Waals surface area contributed by atoms with E-state index >= 15 is 0 Å². The van der Waals surface area contributed by atoms with Crippen molar-refractivity contribution >= 4 is 0 Å². The molecule has 1 aliphatic carbocycles. The molecule has 0 radical (unpaired) electrons. The van der Waals surface area contributed by atoms with Crippen molar-refractivity contribution in [1.82, 2.24) is 19.3 Å². The Balaban J connectivity index is 1.59. The number of rotatable bonds is 2. The molecule has 0 amide bonds. The number of aliphatic hydroxyl groups is 1. The molecule has 9 heteroatoms. The third kappa shape index (κ3) is 2.35. The molecule has 0 spiro atoms. The lowest BCUT2D eigenvalue weighted by molar-refractivity contribution is -0.262. The zero-order valence-electron chi connectivity index (χ0n) is 15.8. The summed E-state index contributed by atoms with van der Waals surface area (Å²) in [6.07, 6.45) is 0.683. The molecule has 1 N–H and O–H groups in total. The van der Waals surface area contributed by atoms with Gasteiger partial charge in [0.15, 0.2) is 5.82 Å². The maximum Gasteiger partial charge on any atom is 0.424 e. The molecule has 2 aromatic rings. The van der Waals surface area contributed by atoms with Gasteiger partial charge >= 0.3 is 6.18 Å². The molecule has 2 aromatic heterocycles. The average molecular weight is 396 g/mol. The SMILES string of the molecule is C[C@H]1Cn2nc(C34CCC(CC3)CO4)cc2-c2cnc([C@@](C)(O)C(F)(F)F)n21. The van der Waals surface area contributed by atoms with Crippen LogP contribution in [0.1, 0.15) is 57.1 Å². The van der Waals surface area contributed by atoms with Crippen molar-refractivity contribution in [3.8, 4) is 11.4 Å². The lowest BCUT2D eigenvalue weighted by Gasteiger charge is -2.45. The van der Waals surface area contributed by atoms with Crippen LogP contribution in [0.3, 0.4) is 0 Å². The molecule has 6 rings (SSSR count). The summed E-state index contributed by atoms with van der Waals surface area (Å²) in [7, 11) is 0. The van der Waals surface area contributed by atoms with Gasteiger partial charge in [0.25, 0.3) is 0 Å². The van der Waals surface area contributed by atoms with E-state index in [-0.39, 0.29) is 17.5 Å². The normalized spacial score (nSPS) is 31.4. The van der Waals surface area contributed by atoms with Crippen molar-refractivity contribution in [3.05, 3.63) is 23.8 Å². The summed E-state index contributed by atoms with van der Waals surface area (Å²) in [4.78, 5) is 3.97. The molecule has 3 fully saturated rings. The van der Waals surface area contributed by atoms with E-state index in [1.807, 2.05) is 17.7 Å². The standard InChI is InChI=1S/C19H23F3N4O2/c1-11-9-25-13(7-15(24-25)18-5-3-12(4-6-18)10-28-18)14-8-23-16(26(11)14)17(2,27)19(20,21)22/h7-8,11-12,27H,3-6,9-10H2,1-2H3/t11-,12?,17+,18?/m0/s1. The lowest BCUT2D eigenvalue weighted by Crippen LogP contribution is -2.43. The van der Waals surface area contributed by atoms with Crippen molar-refractivity contribution in [3.63, 3.8) is 0 Å². The van der Waals surface area contributed by atoms with Crippen LogP contribution in [0.2, 0.25) is 0 Å². The zero-order valence-corrected chi connectivity index (χ0v) is 15.8. The zero-order chi connectivity index (χ0) is 19.9. The molecular formula is C19H23F3N4O2. The molecule has 0 aromatic carbocycles. The van der Waals surface area contributed by atoms with Gasteiger partial charge < -0.3 is 14.4 Å². The van der Waals surface area contributed by atoms with Crippen LogP contribution in [0.15, 0.2) is 12.3 Å². The Morgan fingerprint density at radius 2 is 1.96 bits per heavy atom. The molecule has 6 nitrogen and oxygen atoms in total. The fourth-order valence-electron chi connectivity index (χ4n) is 4.86. The minimum atomic E-state index is -4.81. The van der Waals surface area contributed by atoms with E-state index in [0.717, 1.165) is 50.6 Å². The van der Waals surface area contributed by atoms with Crippen LogP contribution in [0.4, 0.5) is 13.2 Å². The molecule has 4 aliphatic rings. The fraction of sp³-hybridized carbons (Fsp3) is 0.684. The van der Waals surface area contributed by atoms with Crippen LogP contribution >= 0.6 is 0 Å². The van der Waals surface area contributed by atoms with Crippen molar-refractivity contribution in [2.75, 3.05) is 6.61 Å². The summed E-state index contributed by atoms with van der Waals surface area (Å²) in [6.45, 7) is 3.72. The first-order chi connectivity index (χ1) is 13.1. The minimum absolute atomic E-state index is 0.318. The Kier molecular flexibility index (Phi) is 3.63. The number of halogens is 3. The van der Waals surface area contributed by atoms with Crippen LogP contribution < -0.4 is 0 Å². The summed E-state index contributed by atoms with van der Waals surface area (Å²) in [5, 5.41) is 15.0. The molecule has 5 heterocycles. The highest BCUT2D eigenvalue weighted by molar-refractivity contribution is 5.58. The number of alkyl halides is 3. The van der Waals surface area contributed by atoms with Gasteiger partial charge in [0.1, 0.15) is 5.60 Å². The topological polar surface area (TPSA) is 65.1 Å². The van der Waals surface area contributed by atoms with Crippen molar-refractivity contribution < 1.29 is 23.0 Å². The molecule has 0 unspecified atom stereocenters. The highest BCUT2D eigenvalue weighted by atomic mass is 19.4. The summed E-state index contributed by atoms with van der Waals surface area (Å²) >= 11 is 0. The van der Waals surface area contributed by atoms with E-state index in [0.29, 0.717) is 18.2 Å². The summed E-state index contributed by atoms with van der Waals surface area (Å²) in [5.41, 5.74) is -1.29. The Morgan fingerprint density at radius 1 is 1.25 bits per heavy atom. The number of imidazole rings is 1. The van der Waals surface area contributed by atoms with Crippen LogP contribution in [-0.4, -0.2) is 37.2 Å². The van der Waals surface area contributed by atoms with Gasteiger partial charge in [-0.25, -0.2) is 4.98 Å². The monoisotopic (exact) mass is 396 g/mol. The average Bonchev–Trinajstić information content (AvgIpc) is 3.27. The van der Waals surface area contributed by atoms with E-state index < -0.39 is 11.8 Å². The quantitative estimate of drug-likeness (QED) is 0.844. The van der Waals surface area contributed by atoms with E-state index in [4.69, 9.17) is 9.84 Å². The smallest absolute Gasteiger partial charge is 0.374 e. The molecule has 2 atom stereocenters. The first-order valence-corrected chi connectivity index (χ1v) is 9.72. The van der Waals surface area contributed by atoms with Gasteiger partial charge in [0.05, 0.1) is 42.5 Å². The van der Waals surface area contributed by atoms with Gasteiger partial charge in [-0.2, -0.15) is 18.3 Å². The van der Waals surface area contributed by atoms with Crippen LogP contribution in [0, 0.1) is 5.92 Å². The van der Waals surface area contributed by atoms with E-state index in [1.54, 1.807) is 0 Å². The second-order valence-corrected chi connectivity index (χ2v) is 8.60. The number of aromatic nitrogens is 4. The van der Waals surface area contributed by atoms with E-state index in [9.17, 15) is 18.3 Å². The van der Waals surface area contributed by atoms with Gasteiger partial charge in [0, 0.05) is 0 Å². The maximum absolute atomic E-state index is 13.4. The van der Waals surface area contributed by atoms with E-state index in [1.165, 1.54) is 10.8 Å². The molecule has 28 heavy (non-hydrogen) atoms. The molecule has 2 bridgehead atoms. The van der Waals surface area contributed by atoms with Crippen molar-refractivity contribution in [1.29, 1.82) is 0 Å². The van der Waals surface area contributed by atoms with Gasteiger partial charge in [-0.3, -0.25) is 4.68 Å². The second kappa shape index (κ2) is 5.60. The number of nitrogens with zero attached hydrogens (tertiary/aromatic N) is 4. The van der Waals surface area contributed by atoms with Crippen molar-refractivity contribution in [2.45, 2.75) is 69.5 Å². The van der Waals surface area contributed by atoms with Crippen LogP contribution in [0.25, 0.3) is 11.4 Å². The Labute approximate surface area is 160 Å². The van der Waals surface area contributed by atoms with Gasteiger partial charge in [-0.1, -0.05) is 0 Å². The summed E-state index contributed by atoms with van der Waals surface area (Å²) in [5.74, 6) is 0.247. The first-order valence-electron chi connectivity index (χ1n) is 9.72. The minimum Gasteiger partial charge on any atom is -0.374 e. The Bertz CT molecular complexity index is 908. The summed E-state index contributed by atoms with van der Waals surface area (Å²) < 4.78 is 49.7. The molecule has 1 saturated carbocycles. The van der Waals surface area contributed by atoms with Gasteiger partial charge in [-0.15, -0.1) is 0 Å². The lowest BCUT2D eigenvalue weighted by atomic mass is 9.74. The van der Waals surface area contributed by atoms with E-state index in [2.05, 4.69) is 4.98 Å². The first kappa shape index (κ1) is 18.2. The van der Waals surface area contributed by atoms with Gasteiger partial charge in [0.2, 0.25) is 5.60 Å². The third-order valence-corrected chi connectivity index (χ3v) is 6.68. The predicted molar refractivity (Wildman–Crippen MR) is 93.4 cm³/mol. The number of ether oxygens (including phenoxy) is 1. The van der Waals surface area contributed by atoms with Crippen LogP contribution in [-0.2, 0) is 22.5 Å². The number of fused-ring (bicyclic) bond motifs is 6. The second-order valence-electron chi connectivity index (χ2n) is 8.60. The maximum atomic E-state index is 13.4. The Hall–Kier alpha value is -1.87. The molecule has 3 aliphatic heterocycles. The predicted octanol–water partition coefficient (Wildman–Crippen LogP) is 3.51. The molecule has 152 valence electrons.